The Morgan fingerprint density at radius 2 is 1.48 bits per heavy atom. The van der Waals surface area contributed by atoms with E-state index in [0.29, 0.717) is 34.4 Å². The average molecular weight is 687 g/mol. The second kappa shape index (κ2) is 13.7. The number of amides is 3. The topological polar surface area (TPSA) is 142 Å². The maximum absolute atomic E-state index is 13.9. The summed E-state index contributed by atoms with van der Waals surface area (Å²) in [6.45, 7) is 15.2. The van der Waals surface area contributed by atoms with E-state index in [9.17, 15) is 14.4 Å². The summed E-state index contributed by atoms with van der Waals surface area (Å²) in [5, 5.41) is 2.88. The first-order valence-electron chi connectivity index (χ1n) is 16.7. The van der Waals surface area contributed by atoms with E-state index in [2.05, 4.69) is 10.3 Å². The molecule has 2 aliphatic heterocycles. The molecule has 3 atom stereocenters. The molecular weight excluding hydrogens is 638 g/mol. The van der Waals surface area contributed by atoms with Crippen LogP contribution in [0.25, 0.3) is 0 Å². The van der Waals surface area contributed by atoms with Crippen LogP contribution in [0.2, 0.25) is 0 Å². The van der Waals surface area contributed by atoms with Gasteiger partial charge >= 0.3 is 12.2 Å². The van der Waals surface area contributed by atoms with Gasteiger partial charge in [0.25, 0.3) is 5.91 Å². The molecule has 3 unspecified atom stereocenters. The SMILES string of the molecule is CC1Oc2ccc([N+](C)(Cc3cccc(CN(Cc4ccc5c(c4)N=C(N)C(C)O5)C(=O)OC(C)(C)C)c3)C(=O)OC(C)(C)C)cc2NC1=O. The van der Waals surface area contributed by atoms with E-state index >= 15 is 0 Å². The van der Waals surface area contributed by atoms with Gasteiger partial charge < -0.3 is 30.0 Å². The highest BCUT2D eigenvalue weighted by Crippen LogP contribution is 2.38. The Kier molecular flexibility index (Phi) is 9.89. The zero-order chi connectivity index (χ0) is 36.6. The van der Waals surface area contributed by atoms with Gasteiger partial charge in [0.2, 0.25) is 0 Å². The van der Waals surface area contributed by atoms with E-state index in [1.807, 2.05) is 97.0 Å². The lowest BCUT2D eigenvalue weighted by Crippen LogP contribution is -2.52. The third kappa shape index (κ3) is 8.54. The first kappa shape index (κ1) is 36.2. The van der Waals surface area contributed by atoms with Crippen LogP contribution in [0.3, 0.4) is 0 Å². The zero-order valence-corrected chi connectivity index (χ0v) is 30.3. The van der Waals surface area contributed by atoms with Crippen molar-refractivity contribution in [3.05, 3.63) is 77.4 Å². The number of ether oxygens (including phenoxy) is 4. The van der Waals surface area contributed by atoms with Crippen molar-refractivity contribution in [2.45, 2.75) is 98.4 Å². The highest BCUT2D eigenvalue weighted by Gasteiger charge is 2.41. The number of aliphatic imine (C=N–C) groups is 1. The maximum Gasteiger partial charge on any atom is 0.521 e. The van der Waals surface area contributed by atoms with Crippen LogP contribution >= 0.6 is 0 Å². The van der Waals surface area contributed by atoms with Crippen LogP contribution < -0.4 is 25.0 Å². The van der Waals surface area contributed by atoms with Crippen molar-refractivity contribution < 1.29 is 33.3 Å². The van der Waals surface area contributed by atoms with Crippen molar-refractivity contribution in [2.75, 3.05) is 12.4 Å². The van der Waals surface area contributed by atoms with Crippen molar-refractivity contribution in [1.82, 2.24) is 9.38 Å². The van der Waals surface area contributed by atoms with Crippen LogP contribution in [0, 0.1) is 0 Å². The van der Waals surface area contributed by atoms with E-state index in [1.54, 1.807) is 31.0 Å². The number of anilines is 1. The lowest BCUT2D eigenvalue weighted by molar-refractivity contribution is -0.122. The van der Waals surface area contributed by atoms with Gasteiger partial charge in [-0.1, -0.05) is 24.3 Å². The first-order chi connectivity index (χ1) is 23.3. The monoisotopic (exact) mass is 686 g/mol. The van der Waals surface area contributed by atoms with Crippen LogP contribution in [0.15, 0.2) is 65.7 Å². The van der Waals surface area contributed by atoms with E-state index in [4.69, 9.17) is 24.7 Å². The Balaban J connectivity index is 1.45. The number of nitrogens with zero attached hydrogens (tertiary/aromatic N) is 3. The zero-order valence-electron chi connectivity index (χ0n) is 30.3. The molecule has 12 nitrogen and oxygen atoms in total. The van der Waals surface area contributed by atoms with Crippen LogP contribution in [-0.4, -0.2) is 59.3 Å². The smallest absolute Gasteiger partial charge is 0.481 e. The van der Waals surface area contributed by atoms with E-state index in [-0.39, 0.29) is 36.1 Å². The van der Waals surface area contributed by atoms with Crippen molar-refractivity contribution in [2.24, 2.45) is 10.7 Å². The lowest BCUT2D eigenvalue weighted by Gasteiger charge is -2.34. The Hall–Kier alpha value is -5.10. The van der Waals surface area contributed by atoms with Gasteiger partial charge in [0, 0.05) is 30.8 Å². The van der Waals surface area contributed by atoms with E-state index in [1.165, 1.54) is 0 Å². The highest BCUT2D eigenvalue weighted by atomic mass is 16.6. The standard InChI is InChI=1S/C38H47N5O7/c1-23-33(39)40-29-18-26(13-15-31(29)47-23)21-42(35(45)49-37(3,4)5)20-25-11-10-12-27(17-25)22-43(9,36(46)50-38(6,7)8)28-14-16-32-30(19-28)41-34(44)24(2)48-32/h10-19,23-24H,20-22H2,1-9H3,(H2-,39,40,41,44)/p+1. The predicted molar refractivity (Wildman–Crippen MR) is 193 cm³/mol. The van der Waals surface area contributed by atoms with E-state index in [0.717, 1.165) is 16.7 Å². The molecule has 266 valence electrons. The van der Waals surface area contributed by atoms with Gasteiger partial charge in [-0.05, 0) is 90.8 Å². The summed E-state index contributed by atoms with van der Waals surface area (Å²) in [5.74, 6) is 1.27. The maximum atomic E-state index is 13.9. The quantitative estimate of drug-likeness (QED) is 0.249. The van der Waals surface area contributed by atoms with Crippen LogP contribution in [0.1, 0.15) is 72.1 Å². The highest BCUT2D eigenvalue weighted by molar-refractivity contribution is 5.98. The molecule has 0 aliphatic carbocycles. The van der Waals surface area contributed by atoms with Crippen molar-refractivity contribution in [3.63, 3.8) is 0 Å². The molecule has 12 heteroatoms. The summed E-state index contributed by atoms with van der Waals surface area (Å²) >= 11 is 0. The first-order valence-corrected chi connectivity index (χ1v) is 16.7. The summed E-state index contributed by atoms with van der Waals surface area (Å²) < 4.78 is 23.1. The second-order valence-corrected chi connectivity index (χ2v) is 15.0. The fourth-order valence-electron chi connectivity index (χ4n) is 5.60. The third-order valence-electron chi connectivity index (χ3n) is 8.14. The van der Waals surface area contributed by atoms with E-state index < -0.39 is 29.5 Å². The van der Waals surface area contributed by atoms with Gasteiger partial charge in [-0.25, -0.2) is 9.79 Å². The number of nitrogens with two attached hydrogens (primary N) is 1. The molecule has 3 N–H and O–H groups in total. The van der Waals surface area contributed by atoms with Crippen LogP contribution in [-0.2, 0) is 33.9 Å². The largest absolute Gasteiger partial charge is 0.521 e. The Morgan fingerprint density at radius 3 is 2.16 bits per heavy atom. The minimum absolute atomic E-state index is 0.224. The normalized spacial score (nSPS) is 18.2. The second-order valence-electron chi connectivity index (χ2n) is 15.0. The van der Waals surface area contributed by atoms with Gasteiger partial charge in [-0.15, -0.1) is 0 Å². The lowest BCUT2D eigenvalue weighted by atomic mass is 10.1. The molecule has 2 aliphatic rings. The fraction of sp³-hybridized carbons (Fsp3) is 0.421. The van der Waals surface area contributed by atoms with Crippen molar-refractivity contribution >= 4 is 41.0 Å². The Morgan fingerprint density at radius 1 is 0.860 bits per heavy atom. The molecule has 0 aromatic heterocycles. The molecule has 0 radical (unpaired) electrons. The number of amidine groups is 1. The molecule has 3 aromatic rings. The van der Waals surface area contributed by atoms with Crippen molar-refractivity contribution in [3.8, 4) is 11.5 Å². The van der Waals surface area contributed by atoms with Crippen molar-refractivity contribution in [1.29, 1.82) is 0 Å². The number of fused-ring (bicyclic) bond motifs is 2. The van der Waals surface area contributed by atoms with Crippen LogP contribution in [0.4, 0.5) is 26.7 Å². The predicted octanol–water partition coefficient (Wildman–Crippen LogP) is 7.19. The number of nitrogens with one attached hydrogen (secondary N) is 1. The van der Waals surface area contributed by atoms with Gasteiger partial charge in [0.05, 0.1) is 12.7 Å². The minimum atomic E-state index is -0.745. The number of rotatable bonds is 7. The average Bonchev–Trinajstić information content (AvgIpc) is 3.00. The fourth-order valence-corrected chi connectivity index (χ4v) is 5.60. The molecule has 50 heavy (non-hydrogen) atoms. The summed E-state index contributed by atoms with van der Waals surface area (Å²) in [6, 6.07) is 18.6. The van der Waals surface area contributed by atoms with Gasteiger partial charge in [0.1, 0.15) is 46.5 Å². The van der Waals surface area contributed by atoms with Gasteiger partial charge in [-0.2, -0.15) is 9.28 Å². The van der Waals surface area contributed by atoms with Gasteiger partial charge in [0.15, 0.2) is 12.2 Å². The number of hydrogen-bond donors (Lipinski definition) is 2. The minimum Gasteiger partial charge on any atom is -0.481 e. The molecule has 0 fully saturated rings. The number of carbonyl (C=O) groups is 3. The number of hydrogen-bond acceptors (Lipinski definition) is 9. The Bertz CT molecular complexity index is 1830. The molecule has 0 saturated heterocycles. The molecule has 0 bridgehead atoms. The molecule has 2 heterocycles. The van der Waals surface area contributed by atoms with Gasteiger partial charge in [-0.3, -0.25) is 9.69 Å². The third-order valence-corrected chi connectivity index (χ3v) is 8.14. The summed E-state index contributed by atoms with van der Waals surface area (Å²) in [6.07, 6.45) is -1.89. The van der Waals surface area contributed by atoms with Crippen LogP contribution in [0.5, 0.6) is 11.5 Å². The molecule has 0 spiro atoms. The number of quaternary nitrogens is 1. The molecule has 3 aromatic carbocycles. The molecular formula is C38H48N5O7+. The number of benzene rings is 3. The molecule has 0 saturated carbocycles. The molecule has 5 rings (SSSR count). The Labute approximate surface area is 293 Å². The number of carbonyl (C=O) groups excluding carboxylic acids is 3. The summed E-state index contributed by atoms with van der Waals surface area (Å²) in [4.78, 5) is 46.0. The molecule has 3 amide bonds. The summed E-state index contributed by atoms with van der Waals surface area (Å²) in [7, 11) is 1.78. The summed E-state index contributed by atoms with van der Waals surface area (Å²) in [5.41, 5.74) is 8.76.